The first-order valence-electron chi connectivity index (χ1n) is 7.34. The third-order valence-electron chi connectivity index (χ3n) is 4.76. The van der Waals surface area contributed by atoms with Gasteiger partial charge in [0.05, 0.1) is 11.0 Å². The molecule has 1 heterocycles. The number of aryl methyl sites for hydroxylation is 1. The molecule has 1 saturated carbocycles. The molecule has 1 aliphatic rings. The fourth-order valence-corrected chi connectivity index (χ4v) is 3.52. The number of imidazole rings is 1. The maximum Gasteiger partial charge on any atom is 0.201 e. The summed E-state index contributed by atoms with van der Waals surface area (Å²) in [5.41, 5.74) is 8.60. The van der Waals surface area contributed by atoms with Crippen molar-refractivity contribution in [2.75, 3.05) is 5.73 Å². The molecule has 108 valence electrons. The summed E-state index contributed by atoms with van der Waals surface area (Å²) in [6.45, 7) is 6.37. The van der Waals surface area contributed by atoms with Crippen molar-refractivity contribution in [3.05, 3.63) is 23.5 Å². The highest BCUT2D eigenvalue weighted by molar-refractivity contribution is 5.79. The third-order valence-corrected chi connectivity index (χ3v) is 4.76. The number of hydrogen-bond acceptors (Lipinski definition) is 2. The number of benzene rings is 1. The van der Waals surface area contributed by atoms with Crippen molar-refractivity contribution >= 4 is 17.0 Å². The second-order valence-electron chi connectivity index (χ2n) is 6.68. The van der Waals surface area contributed by atoms with E-state index >= 15 is 0 Å². The lowest BCUT2D eigenvalue weighted by molar-refractivity contribution is 0.149. The zero-order valence-corrected chi connectivity index (χ0v) is 12.4. The van der Waals surface area contributed by atoms with Gasteiger partial charge in [-0.1, -0.05) is 26.7 Å². The van der Waals surface area contributed by atoms with Crippen molar-refractivity contribution in [2.45, 2.75) is 52.5 Å². The molecule has 1 aromatic heterocycles. The molecule has 20 heavy (non-hydrogen) atoms. The van der Waals surface area contributed by atoms with Crippen LogP contribution in [0.15, 0.2) is 12.1 Å². The van der Waals surface area contributed by atoms with Gasteiger partial charge in [0.15, 0.2) is 0 Å². The summed E-state index contributed by atoms with van der Waals surface area (Å²) >= 11 is 0. The number of nitrogens with two attached hydrogens (primary N) is 1. The maximum atomic E-state index is 13.7. The molecule has 1 fully saturated rings. The van der Waals surface area contributed by atoms with Crippen LogP contribution in [0, 0.1) is 18.2 Å². The molecule has 0 bridgehead atoms. The molecular formula is C16H22FN3. The molecule has 1 atom stereocenters. The van der Waals surface area contributed by atoms with Crippen molar-refractivity contribution in [3.8, 4) is 0 Å². The van der Waals surface area contributed by atoms with Crippen LogP contribution in [0.25, 0.3) is 11.0 Å². The van der Waals surface area contributed by atoms with E-state index in [0.717, 1.165) is 11.9 Å². The molecular weight excluding hydrogens is 253 g/mol. The molecule has 0 aliphatic heterocycles. The van der Waals surface area contributed by atoms with E-state index in [4.69, 9.17) is 5.73 Å². The molecule has 0 amide bonds. The van der Waals surface area contributed by atoms with Crippen LogP contribution in [-0.4, -0.2) is 9.55 Å². The largest absolute Gasteiger partial charge is 0.369 e. The number of aromatic nitrogens is 2. The zero-order valence-electron chi connectivity index (χ0n) is 12.4. The number of halogens is 1. The summed E-state index contributed by atoms with van der Waals surface area (Å²) in [7, 11) is 0. The Morgan fingerprint density at radius 3 is 2.80 bits per heavy atom. The second-order valence-corrected chi connectivity index (χ2v) is 6.68. The van der Waals surface area contributed by atoms with E-state index in [0.29, 0.717) is 23.1 Å². The standard InChI is InChI=1S/C16H22FN3/c1-10-8-13-12(9-11(10)17)19-15(18)20(13)14-6-4-5-7-16(14,2)3/h8-9,14H,4-7H2,1-3H3,(H2,18,19). The van der Waals surface area contributed by atoms with Gasteiger partial charge in [-0.2, -0.15) is 0 Å². The first-order chi connectivity index (χ1) is 9.40. The van der Waals surface area contributed by atoms with Gasteiger partial charge in [0.2, 0.25) is 5.95 Å². The summed E-state index contributed by atoms with van der Waals surface area (Å²) < 4.78 is 15.8. The number of nitrogens with zero attached hydrogens (tertiary/aromatic N) is 2. The molecule has 3 rings (SSSR count). The Hall–Kier alpha value is -1.58. The monoisotopic (exact) mass is 275 g/mol. The minimum Gasteiger partial charge on any atom is -0.369 e. The van der Waals surface area contributed by atoms with Gasteiger partial charge in [0.1, 0.15) is 5.82 Å². The molecule has 3 nitrogen and oxygen atoms in total. The molecule has 0 saturated heterocycles. The first-order valence-corrected chi connectivity index (χ1v) is 7.34. The van der Waals surface area contributed by atoms with Crippen LogP contribution in [0.2, 0.25) is 0 Å². The Balaban J connectivity index is 2.20. The highest BCUT2D eigenvalue weighted by Crippen LogP contribution is 2.46. The molecule has 2 aromatic rings. The van der Waals surface area contributed by atoms with E-state index in [1.807, 2.05) is 6.07 Å². The van der Waals surface area contributed by atoms with Gasteiger partial charge in [-0.25, -0.2) is 9.37 Å². The van der Waals surface area contributed by atoms with E-state index < -0.39 is 0 Å². The van der Waals surface area contributed by atoms with Crippen LogP contribution in [0.5, 0.6) is 0 Å². The van der Waals surface area contributed by atoms with Crippen LogP contribution in [-0.2, 0) is 0 Å². The first kappa shape index (κ1) is 13.4. The lowest BCUT2D eigenvalue weighted by atomic mass is 9.73. The Labute approximate surface area is 119 Å². The summed E-state index contributed by atoms with van der Waals surface area (Å²) in [5.74, 6) is 0.287. The Morgan fingerprint density at radius 1 is 1.35 bits per heavy atom. The molecule has 0 radical (unpaired) electrons. The Bertz CT molecular complexity index is 657. The van der Waals surface area contributed by atoms with Crippen molar-refractivity contribution in [1.29, 1.82) is 0 Å². The summed E-state index contributed by atoms with van der Waals surface area (Å²) in [4.78, 5) is 4.36. The van der Waals surface area contributed by atoms with Crippen LogP contribution in [0.4, 0.5) is 10.3 Å². The highest BCUT2D eigenvalue weighted by Gasteiger charge is 2.35. The topological polar surface area (TPSA) is 43.8 Å². The van der Waals surface area contributed by atoms with E-state index in [2.05, 4.69) is 23.4 Å². The fraction of sp³-hybridized carbons (Fsp3) is 0.562. The quantitative estimate of drug-likeness (QED) is 0.847. The normalized spacial score (nSPS) is 22.3. The summed E-state index contributed by atoms with van der Waals surface area (Å²) in [6, 6.07) is 3.71. The molecule has 1 aliphatic carbocycles. The predicted octanol–water partition coefficient (Wildman–Crippen LogP) is 4.21. The number of hydrogen-bond donors (Lipinski definition) is 1. The van der Waals surface area contributed by atoms with Crippen LogP contribution >= 0.6 is 0 Å². The number of rotatable bonds is 1. The Morgan fingerprint density at radius 2 is 2.10 bits per heavy atom. The van der Waals surface area contributed by atoms with Crippen LogP contribution < -0.4 is 5.73 Å². The van der Waals surface area contributed by atoms with Crippen molar-refractivity contribution in [3.63, 3.8) is 0 Å². The average molecular weight is 275 g/mol. The zero-order chi connectivity index (χ0) is 14.5. The number of fused-ring (bicyclic) bond motifs is 1. The molecule has 0 spiro atoms. The van der Waals surface area contributed by atoms with Gasteiger partial charge in [-0.05, 0) is 36.8 Å². The van der Waals surface area contributed by atoms with E-state index in [9.17, 15) is 4.39 Å². The second kappa shape index (κ2) is 4.47. The molecule has 4 heteroatoms. The van der Waals surface area contributed by atoms with Gasteiger partial charge in [0.25, 0.3) is 0 Å². The lowest BCUT2D eigenvalue weighted by Crippen LogP contribution is -2.31. The fourth-order valence-electron chi connectivity index (χ4n) is 3.52. The smallest absolute Gasteiger partial charge is 0.201 e. The SMILES string of the molecule is Cc1cc2c(cc1F)nc(N)n2C1CCCCC1(C)C. The minimum atomic E-state index is -0.218. The molecule has 1 unspecified atom stereocenters. The van der Waals surface area contributed by atoms with E-state index in [-0.39, 0.29) is 11.2 Å². The third kappa shape index (κ3) is 1.98. The van der Waals surface area contributed by atoms with Crippen LogP contribution in [0.3, 0.4) is 0 Å². The predicted molar refractivity (Wildman–Crippen MR) is 80.1 cm³/mol. The minimum absolute atomic E-state index is 0.197. The van der Waals surface area contributed by atoms with Crippen LogP contribution in [0.1, 0.15) is 51.1 Å². The Kier molecular flexibility index (Phi) is 3.00. The van der Waals surface area contributed by atoms with Gasteiger partial charge >= 0.3 is 0 Å². The number of anilines is 1. The van der Waals surface area contributed by atoms with Crippen molar-refractivity contribution < 1.29 is 4.39 Å². The maximum absolute atomic E-state index is 13.7. The number of nitrogen functional groups attached to an aromatic ring is 1. The van der Waals surface area contributed by atoms with Gasteiger partial charge in [0, 0.05) is 12.1 Å². The summed E-state index contributed by atoms with van der Waals surface area (Å²) in [5, 5.41) is 0. The lowest BCUT2D eigenvalue weighted by Gasteiger charge is -2.40. The highest BCUT2D eigenvalue weighted by atomic mass is 19.1. The average Bonchev–Trinajstić information content (AvgIpc) is 2.65. The molecule has 2 N–H and O–H groups in total. The van der Waals surface area contributed by atoms with E-state index in [1.165, 1.54) is 25.3 Å². The van der Waals surface area contributed by atoms with Gasteiger partial charge in [-0.3, -0.25) is 0 Å². The van der Waals surface area contributed by atoms with Crippen molar-refractivity contribution in [2.24, 2.45) is 5.41 Å². The van der Waals surface area contributed by atoms with Gasteiger partial charge < -0.3 is 10.3 Å². The van der Waals surface area contributed by atoms with E-state index in [1.54, 1.807) is 6.92 Å². The van der Waals surface area contributed by atoms with Gasteiger partial charge in [-0.15, -0.1) is 0 Å². The summed E-state index contributed by atoms with van der Waals surface area (Å²) in [6.07, 6.45) is 4.78. The van der Waals surface area contributed by atoms with Crippen molar-refractivity contribution in [1.82, 2.24) is 9.55 Å². The molecule has 1 aromatic carbocycles.